The number of aryl methyl sites for hydroxylation is 1. The van der Waals surface area contributed by atoms with Crippen LogP contribution in [0, 0.1) is 12.8 Å². The lowest BCUT2D eigenvalue weighted by Crippen LogP contribution is -2.25. The highest BCUT2D eigenvalue weighted by molar-refractivity contribution is 9.10. The van der Waals surface area contributed by atoms with Gasteiger partial charge in [-0.3, -0.25) is 0 Å². The van der Waals surface area contributed by atoms with Crippen molar-refractivity contribution in [3.63, 3.8) is 0 Å². The molecule has 112 valence electrons. The summed E-state index contributed by atoms with van der Waals surface area (Å²) in [5.74, 6) is 0.617. The molecule has 0 saturated carbocycles. The summed E-state index contributed by atoms with van der Waals surface area (Å²) in [6.45, 7) is 6.40. The SMILES string of the molecule is CCNCC(Cc1ccc(C)cc1)Cc1ccccc1Br. The van der Waals surface area contributed by atoms with Gasteiger partial charge in [-0.1, -0.05) is 70.9 Å². The maximum Gasteiger partial charge on any atom is 0.0207 e. The third kappa shape index (κ3) is 5.29. The first kappa shape index (κ1) is 16.3. The Hall–Kier alpha value is -1.12. The van der Waals surface area contributed by atoms with Crippen LogP contribution in [0.4, 0.5) is 0 Å². The summed E-state index contributed by atoms with van der Waals surface area (Å²) in [4.78, 5) is 0. The standard InChI is InChI=1S/C19H24BrN/c1-3-21-14-17(12-16-10-8-15(2)9-11-16)13-18-6-4-5-7-19(18)20/h4-11,17,21H,3,12-14H2,1-2H3. The van der Waals surface area contributed by atoms with Gasteiger partial charge >= 0.3 is 0 Å². The molecule has 1 N–H and O–H groups in total. The molecule has 0 amide bonds. The number of hydrogen-bond acceptors (Lipinski definition) is 1. The highest BCUT2D eigenvalue weighted by Gasteiger charge is 2.12. The molecule has 0 aromatic heterocycles. The minimum Gasteiger partial charge on any atom is -0.317 e. The molecule has 0 saturated heterocycles. The van der Waals surface area contributed by atoms with Crippen LogP contribution in [-0.2, 0) is 12.8 Å². The molecule has 21 heavy (non-hydrogen) atoms. The molecule has 0 heterocycles. The van der Waals surface area contributed by atoms with E-state index in [0.717, 1.165) is 25.9 Å². The first-order valence-electron chi connectivity index (χ1n) is 7.68. The summed E-state index contributed by atoms with van der Waals surface area (Å²) >= 11 is 3.67. The zero-order valence-corrected chi connectivity index (χ0v) is 14.5. The second-order valence-corrected chi connectivity index (χ2v) is 6.51. The molecular formula is C19H24BrN. The van der Waals surface area contributed by atoms with E-state index in [0.29, 0.717) is 5.92 Å². The van der Waals surface area contributed by atoms with Gasteiger partial charge in [-0.2, -0.15) is 0 Å². The Bertz CT molecular complexity index is 548. The van der Waals surface area contributed by atoms with Crippen LogP contribution in [0.1, 0.15) is 23.6 Å². The van der Waals surface area contributed by atoms with Crippen molar-refractivity contribution < 1.29 is 0 Å². The summed E-state index contributed by atoms with van der Waals surface area (Å²) in [6.07, 6.45) is 2.22. The van der Waals surface area contributed by atoms with Gasteiger partial charge in [0.2, 0.25) is 0 Å². The van der Waals surface area contributed by atoms with Crippen LogP contribution in [-0.4, -0.2) is 13.1 Å². The average Bonchev–Trinajstić information content (AvgIpc) is 2.49. The van der Waals surface area contributed by atoms with Crippen molar-refractivity contribution in [2.45, 2.75) is 26.7 Å². The predicted octanol–water partition coefficient (Wildman–Crippen LogP) is 4.77. The second-order valence-electron chi connectivity index (χ2n) is 5.66. The number of nitrogens with one attached hydrogen (secondary N) is 1. The van der Waals surface area contributed by atoms with Gasteiger partial charge in [-0.25, -0.2) is 0 Å². The Morgan fingerprint density at radius 2 is 1.71 bits per heavy atom. The molecule has 0 aliphatic rings. The van der Waals surface area contributed by atoms with Crippen LogP contribution in [0.3, 0.4) is 0 Å². The molecule has 1 atom stereocenters. The first-order chi connectivity index (χ1) is 10.2. The fourth-order valence-electron chi connectivity index (χ4n) is 2.60. The van der Waals surface area contributed by atoms with E-state index in [1.807, 2.05) is 0 Å². The quantitative estimate of drug-likeness (QED) is 0.762. The Labute approximate surface area is 136 Å². The lowest BCUT2D eigenvalue weighted by Gasteiger charge is -2.18. The van der Waals surface area contributed by atoms with E-state index in [4.69, 9.17) is 0 Å². The third-order valence-electron chi connectivity index (χ3n) is 3.79. The van der Waals surface area contributed by atoms with E-state index < -0.39 is 0 Å². The van der Waals surface area contributed by atoms with E-state index >= 15 is 0 Å². The highest BCUT2D eigenvalue weighted by Crippen LogP contribution is 2.21. The maximum absolute atomic E-state index is 3.67. The zero-order valence-electron chi connectivity index (χ0n) is 12.9. The Morgan fingerprint density at radius 3 is 2.38 bits per heavy atom. The van der Waals surface area contributed by atoms with Gasteiger partial charge < -0.3 is 5.32 Å². The molecule has 0 radical (unpaired) electrons. The Balaban J connectivity index is 2.07. The lowest BCUT2D eigenvalue weighted by molar-refractivity contribution is 0.477. The van der Waals surface area contributed by atoms with Gasteiger partial charge in [0, 0.05) is 4.47 Å². The van der Waals surface area contributed by atoms with Crippen molar-refractivity contribution in [2.24, 2.45) is 5.92 Å². The average molecular weight is 346 g/mol. The monoisotopic (exact) mass is 345 g/mol. The van der Waals surface area contributed by atoms with Crippen LogP contribution in [0.15, 0.2) is 53.0 Å². The summed E-state index contributed by atoms with van der Waals surface area (Å²) in [5.41, 5.74) is 4.15. The minimum atomic E-state index is 0.617. The van der Waals surface area contributed by atoms with Gasteiger partial charge in [0.05, 0.1) is 0 Å². The van der Waals surface area contributed by atoms with Crippen molar-refractivity contribution in [1.82, 2.24) is 5.32 Å². The fraction of sp³-hybridized carbons (Fsp3) is 0.368. The summed E-state index contributed by atoms with van der Waals surface area (Å²) < 4.78 is 1.22. The van der Waals surface area contributed by atoms with Crippen molar-refractivity contribution in [2.75, 3.05) is 13.1 Å². The molecule has 0 fully saturated rings. The van der Waals surface area contributed by atoms with Gasteiger partial charge in [0.25, 0.3) is 0 Å². The zero-order chi connectivity index (χ0) is 15.1. The van der Waals surface area contributed by atoms with Crippen molar-refractivity contribution in [1.29, 1.82) is 0 Å². The van der Waals surface area contributed by atoms with Gasteiger partial charge in [-0.15, -0.1) is 0 Å². The van der Waals surface area contributed by atoms with E-state index in [2.05, 4.69) is 83.6 Å². The first-order valence-corrected chi connectivity index (χ1v) is 8.48. The fourth-order valence-corrected chi connectivity index (χ4v) is 3.04. The Kier molecular flexibility index (Phi) is 6.47. The third-order valence-corrected chi connectivity index (χ3v) is 4.57. The summed E-state index contributed by atoms with van der Waals surface area (Å²) in [7, 11) is 0. The molecule has 0 bridgehead atoms. The lowest BCUT2D eigenvalue weighted by atomic mass is 9.92. The second kappa shape index (κ2) is 8.35. The number of halogens is 1. The number of hydrogen-bond donors (Lipinski definition) is 1. The van der Waals surface area contributed by atoms with E-state index in [1.165, 1.54) is 21.2 Å². The molecule has 2 heteroatoms. The topological polar surface area (TPSA) is 12.0 Å². The molecule has 1 nitrogen and oxygen atoms in total. The molecule has 2 aromatic rings. The Morgan fingerprint density at radius 1 is 1.00 bits per heavy atom. The summed E-state index contributed by atoms with van der Waals surface area (Å²) in [6, 6.07) is 17.5. The molecule has 1 unspecified atom stereocenters. The van der Waals surface area contributed by atoms with Crippen molar-refractivity contribution in [3.05, 3.63) is 69.7 Å². The molecule has 0 aliphatic heterocycles. The van der Waals surface area contributed by atoms with Gasteiger partial charge in [-0.05, 0) is 56.0 Å². The number of benzene rings is 2. The van der Waals surface area contributed by atoms with Crippen LogP contribution in [0.25, 0.3) is 0 Å². The smallest absolute Gasteiger partial charge is 0.0207 e. The minimum absolute atomic E-state index is 0.617. The summed E-state index contributed by atoms with van der Waals surface area (Å²) in [5, 5.41) is 3.50. The molecule has 0 aliphatic carbocycles. The van der Waals surface area contributed by atoms with Crippen LogP contribution in [0.2, 0.25) is 0 Å². The van der Waals surface area contributed by atoms with Crippen molar-refractivity contribution in [3.8, 4) is 0 Å². The predicted molar refractivity (Wildman–Crippen MR) is 94.8 cm³/mol. The van der Waals surface area contributed by atoms with Gasteiger partial charge in [0.15, 0.2) is 0 Å². The maximum atomic E-state index is 3.67. The van der Waals surface area contributed by atoms with Crippen LogP contribution in [0.5, 0.6) is 0 Å². The normalized spacial score (nSPS) is 12.3. The van der Waals surface area contributed by atoms with E-state index in [1.54, 1.807) is 0 Å². The van der Waals surface area contributed by atoms with E-state index in [9.17, 15) is 0 Å². The molecule has 0 spiro atoms. The number of rotatable bonds is 7. The van der Waals surface area contributed by atoms with E-state index in [-0.39, 0.29) is 0 Å². The largest absolute Gasteiger partial charge is 0.317 e. The molecule has 2 rings (SSSR count). The molecular weight excluding hydrogens is 322 g/mol. The van der Waals surface area contributed by atoms with Gasteiger partial charge in [0.1, 0.15) is 0 Å². The highest BCUT2D eigenvalue weighted by atomic mass is 79.9. The van der Waals surface area contributed by atoms with Crippen LogP contribution >= 0.6 is 15.9 Å². The van der Waals surface area contributed by atoms with Crippen molar-refractivity contribution >= 4 is 15.9 Å². The molecule has 2 aromatic carbocycles. The van der Waals surface area contributed by atoms with Crippen LogP contribution < -0.4 is 5.32 Å².